The third-order valence-electron chi connectivity index (χ3n) is 4.51. The van der Waals surface area contributed by atoms with Crippen LogP contribution in [0.3, 0.4) is 0 Å². The van der Waals surface area contributed by atoms with Gasteiger partial charge in [0.1, 0.15) is 5.69 Å². The Morgan fingerprint density at radius 1 is 0.967 bits per heavy atom. The summed E-state index contributed by atoms with van der Waals surface area (Å²) in [4.78, 5) is 38.0. The number of carbonyl (C=O) groups is 3. The number of esters is 2. The number of fused-ring (bicyclic) bond motifs is 1. The second-order valence-electron chi connectivity index (χ2n) is 6.52. The van der Waals surface area contributed by atoms with E-state index in [1.54, 1.807) is 48.7 Å². The molecule has 1 aromatic carbocycles. The Hall–Kier alpha value is -3.52. The number of aromatic nitrogens is 2. The predicted molar refractivity (Wildman–Crippen MR) is 108 cm³/mol. The summed E-state index contributed by atoms with van der Waals surface area (Å²) in [6, 6.07) is 14.2. The summed E-state index contributed by atoms with van der Waals surface area (Å²) in [6.07, 6.45) is 0.849. The van der Waals surface area contributed by atoms with E-state index in [9.17, 15) is 19.5 Å². The molecule has 0 amide bonds. The van der Waals surface area contributed by atoms with Crippen LogP contribution >= 0.6 is 0 Å². The zero-order chi connectivity index (χ0) is 21.7. The first-order chi connectivity index (χ1) is 14.4. The number of carbonyl (C=O) groups excluding carboxylic acids is 3. The molecule has 3 aromatic rings. The first kappa shape index (κ1) is 21.2. The lowest BCUT2D eigenvalue weighted by molar-refractivity contribution is -0.182. The molecule has 0 spiro atoms. The molecule has 2 aromatic heterocycles. The van der Waals surface area contributed by atoms with Crippen molar-refractivity contribution in [2.24, 2.45) is 0 Å². The van der Waals surface area contributed by atoms with Gasteiger partial charge in [0.25, 0.3) is 5.60 Å². The second kappa shape index (κ2) is 8.87. The number of aliphatic hydroxyl groups is 1. The number of nitrogens with zero attached hydrogens (tertiary/aromatic N) is 2. The summed E-state index contributed by atoms with van der Waals surface area (Å²) in [7, 11) is 0. The van der Waals surface area contributed by atoms with Crippen molar-refractivity contribution in [1.29, 1.82) is 0 Å². The van der Waals surface area contributed by atoms with E-state index in [0.29, 0.717) is 16.8 Å². The highest BCUT2D eigenvalue weighted by atomic mass is 16.6. The molecule has 8 heteroatoms. The van der Waals surface area contributed by atoms with Crippen LogP contribution in [0.5, 0.6) is 0 Å². The van der Waals surface area contributed by atoms with Gasteiger partial charge in [0, 0.05) is 11.8 Å². The molecule has 156 valence electrons. The summed E-state index contributed by atoms with van der Waals surface area (Å²) in [5.74, 6) is -3.09. The number of hydrogen-bond donors (Lipinski definition) is 1. The molecule has 0 unspecified atom stereocenters. The zero-order valence-corrected chi connectivity index (χ0v) is 16.7. The fraction of sp³-hybridized carbons (Fsp3) is 0.273. The Bertz CT molecular complexity index is 1060. The van der Waals surface area contributed by atoms with Crippen molar-refractivity contribution in [3.8, 4) is 11.3 Å². The average Bonchev–Trinajstić information content (AvgIpc) is 3.14. The van der Waals surface area contributed by atoms with Gasteiger partial charge in [0.2, 0.25) is 0 Å². The number of benzene rings is 1. The Morgan fingerprint density at radius 3 is 2.17 bits per heavy atom. The van der Waals surface area contributed by atoms with Crippen LogP contribution in [0.25, 0.3) is 16.8 Å². The van der Waals surface area contributed by atoms with E-state index in [1.807, 2.05) is 6.07 Å². The lowest BCUT2D eigenvalue weighted by Crippen LogP contribution is -2.50. The lowest BCUT2D eigenvalue weighted by Gasteiger charge is -2.22. The van der Waals surface area contributed by atoms with E-state index in [-0.39, 0.29) is 18.8 Å². The molecule has 0 bridgehead atoms. The van der Waals surface area contributed by atoms with Gasteiger partial charge in [-0.05, 0) is 26.0 Å². The fourth-order valence-electron chi connectivity index (χ4n) is 3.12. The molecule has 0 fully saturated rings. The number of ether oxygens (including phenoxy) is 2. The molecule has 2 heterocycles. The smallest absolute Gasteiger partial charge is 0.350 e. The molecule has 0 saturated carbocycles. The van der Waals surface area contributed by atoms with Crippen LogP contribution < -0.4 is 0 Å². The van der Waals surface area contributed by atoms with Crippen LogP contribution in [-0.4, -0.2) is 51.3 Å². The molecule has 3 rings (SSSR count). The van der Waals surface area contributed by atoms with Crippen molar-refractivity contribution in [1.82, 2.24) is 9.61 Å². The Labute approximate surface area is 173 Å². The van der Waals surface area contributed by atoms with Gasteiger partial charge < -0.3 is 14.6 Å². The van der Waals surface area contributed by atoms with Crippen LogP contribution in [-0.2, 0) is 19.1 Å². The van der Waals surface area contributed by atoms with Crippen molar-refractivity contribution >= 4 is 23.2 Å². The van der Waals surface area contributed by atoms with Gasteiger partial charge in [0.15, 0.2) is 5.78 Å². The molecule has 0 atom stereocenters. The molecule has 0 aliphatic carbocycles. The molecule has 0 aliphatic rings. The molecule has 0 radical (unpaired) electrons. The summed E-state index contributed by atoms with van der Waals surface area (Å²) < 4.78 is 11.2. The zero-order valence-electron chi connectivity index (χ0n) is 16.7. The summed E-state index contributed by atoms with van der Waals surface area (Å²) in [5, 5.41) is 15.3. The molecule has 0 saturated heterocycles. The van der Waals surface area contributed by atoms with E-state index in [0.717, 1.165) is 0 Å². The third kappa shape index (κ3) is 3.95. The van der Waals surface area contributed by atoms with Crippen LogP contribution in [0.15, 0.2) is 54.7 Å². The maximum Gasteiger partial charge on any atom is 0.350 e. The number of Topliss-reactive ketones (excluding diaryl/α,β-unsaturated/α-hetero) is 1. The highest BCUT2D eigenvalue weighted by Crippen LogP contribution is 2.29. The van der Waals surface area contributed by atoms with Crippen LogP contribution in [0.2, 0.25) is 0 Å². The van der Waals surface area contributed by atoms with E-state index < -0.39 is 29.7 Å². The third-order valence-corrected chi connectivity index (χ3v) is 4.51. The highest BCUT2D eigenvalue weighted by Gasteiger charge is 2.49. The highest BCUT2D eigenvalue weighted by molar-refractivity contribution is 6.14. The SMILES string of the molecule is CCOC(=O)C(O)(CC(=O)c1c(-c2ccccc2)nn2ccccc12)C(=O)OCC. The number of hydrogen-bond acceptors (Lipinski definition) is 7. The van der Waals surface area contributed by atoms with Crippen molar-refractivity contribution in [2.45, 2.75) is 25.9 Å². The first-order valence-corrected chi connectivity index (χ1v) is 9.55. The van der Waals surface area contributed by atoms with Crippen molar-refractivity contribution in [3.05, 3.63) is 60.3 Å². The number of pyridine rings is 1. The maximum absolute atomic E-state index is 13.3. The fourth-order valence-corrected chi connectivity index (χ4v) is 3.12. The van der Waals surface area contributed by atoms with Crippen molar-refractivity contribution in [3.63, 3.8) is 0 Å². The maximum atomic E-state index is 13.3. The Morgan fingerprint density at radius 2 is 1.57 bits per heavy atom. The number of rotatable bonds is 8. The molecular weight excluding hydrogens is 388 g/mol. The number of ketones is 1. The summed E-state index contributed by atoms with van der Waals surface area (Å²) in [5.41, 5.74) is -1.02. The molecule has 8 nitrogen and oxygen atoms in total. The molecule has 30 heavy (non-hydrogen) atoms. The Kier molecular flexibility index (Phi) is 6.27. The first-order valence-electron chi connectivity index (χ1n) is 9.55. The van der Waals surface area contributed by atoms with Crippen LogP contribution in [0.4, 0.5) is 0 Å². The normalized spacial score (nSPS) is 11.3. The van der Waals surface area contributed by atoms with Crippen LogP contribution in [0, 0.1) is 0 Å². The minimum Gasteiger partial charge on any atom is -0.463 e. The van der Waals surface area contributed by atoms with Gasteiger partial charge in [0.05, 0.1) is 30.7 Å². The van der Waals surface area contributed by atoms with Gasteiger partial charge >= 0.3 is 11.9 Å². The largest absolute Gasteiger partial charge is 0.463 e. The minimum atomic E-state index is -2.75. The standard InChI is InChI=1S/C22H22N2O6/c1-3-29-20(26)22(28,21(27)30-4-2)14-17(25)18-16-12-8-9-13-24(16)23-19(18)15-10-6-5-7-11-15/h5-13,28H,3-4,14H2,1-2H3. The Balaban J connectivity index is 2.09. The van der Waals surface area contributed by atoms with Gasteiger partial charge in [-0.2, -0.15) is 5.10 Å². The van der Waals surface area contributed by atoms with Gasteiger partial charge in [-0.15, -0.1) is 0 Å². The van der Waals surface area contributed by atoms with E-state index in [2.05, 4.69) is 5.10 Å². The monoisotopic (exact) mass is 410 g/mol. The van der Waals surface area contributed by atoms with Crippen molar-refractivity contribution < 1.29 is 29.0 Å². The minimum absolute atomic E-state index is 0.0687. The van der Waals surface area contributed by atoms with Gasteiger partial charge in [-0.25, -0.2) is 14.1 Å². The summed E-state index contributed by atoms with van der Waals surface area (Å²) in [6.45, 7) is 2.93. The van der Waals surface area contributed by atoms with Gasteiger partial charge in [-0.3, -0.25) is 4.79 Å². The van der Waals surface area contributed by atoms with E-state index in [4.69, 9.17) is 9.47 Å². The lowest BCUT2D eigenvalue weighted by atomic mass is 9.92. The van der Waals surface area contributed by atoms with Gasteiger partial charge in [-0.1, -0.05) is 36.4 Å². The topological polar surface area (TPSA) is 107 Å². The average molecular weight is 410 g/mol. The molecular formula is C22H22N2O6. The van der Waals surface area contributed by atoms with Crippen LogP contribution in [0.1, 0.15) is 30.6 Å². The quantitative estimate of drug-likeness (QED) is 0.345. The second-order valence-corrected chi connectivity index (χ2v) is 6.52. The molecule has 1 N–H and O–H groups in total. The molecule has 0 aliphatic heterocycles. The predicted octanol–water partition coefficient (Wildman–Crippen LogP) is 2.43. The summed E-state index contributed by atoms with van der Waals surface area (Å²) >= 11 is 0. The van der Waals surface area contributed by atoms with Crippen molar-refractivity contribution in [2.75, 3.05) is 13.2 Å². The van der Waals surface area contributed by atoms with E-state index >= 15 is 0 Å². The van der Waals surface area contributed by atoms with E-state index in [1.165, 1.54) is 18.4 Å².